The molecule has 0 aliphatic carbocycles. The molecule has 2 atom stereocenters. The van der Waals surface area contributed by atoms with Gasteiger partial charge in [-0.15, -0.1) is 0 Å². The Morgan fingerprint density at radius 2 is 2.38 bits per heavy atom. The van der Waals surface area contributed by atoms with Gasteiger partial charge in [-0.2, -0.15) is 5.10 Å². The number of aromatic nitrogens is 2. The van der Waals surface area contributed by atoms with E-state index in [1.54, 1.807) is 6.20 Å². The largest absolute Gasteiger partial charge is 0.496 e. The van der Waals surface area contributed by atoms with Crippen LogP contribution in [0, 0.1) is 5.82 Å². The standard InChI is InChI=1S/C17H20FN3O3/c1-3-21-10-11(9-19-21)16-14(6-7-24-16)20-17(22)13-8-12(18)4-5-15(13)23-2/h4-5,8-10,14,16H,3,6-7H2,1-2H3,(H,20,22)/t14-,16+/m0/s1. The van der Waals surface area contributed by atoms with E-state index in [1.807, 2.05) is 17.8 Å². The predicted molar refractivity (Wildman–Crippen MR) is 85.4 cm³/mol. The molecule has 3 rings (SSSR count). The topological polar surface area (TPSA) is 65.4 Å². The first-order valence-electron chi connectivity index (χ1n) is 7.90. The van der Waals surface area contributed by atoms with Crippen molar-refractivity contribution in [3.05, 3.63) is 47.5 Å². The summed E-state index contributed by atoms with van der Waals surface area (Å²) in [5.41, 5.74) is 1.10. The molecule has 2 heterocycles. The van der Waals surface area contributed by atoms with Gasteiger partial charge in [0, 0.05) is 24.9 Å². The first-order chi connectivity index (χ1) is 11.6. The van der Waals surface area contributed by atoms with Crippen molar-refractivity contribution in [2.75, 3.05) is 13.7 Å². The number of aryl methyl sites for hydroxylation is 1. The van der Waals surface area contributed by atoms with Gasteiger partial charge in [-0.3, -0.25) is 9.48 Å². The van der Waals surface area contributed by atoms with Crippen molar-refractivity contribution in [2.24, 2.45) is 0 Å². The van der Waals surface area contributed by atoms with Crippen LogP contribution in [0.5, 0.6) is 5.75 Å². The molecule has 0 saturated carbocycles. The molecule has 1 aromatic heterocycles. The molecule has 1 saturated heterocycles. The number of carbonyl (C=O) groups is 1. The molecule has 1 fully saturated rings. The van der Waals surface area contributed by atoms with Crippen LogP contribution in [0.3, 0.4) is 0 Å². The Hall–Kier alpha value is -2.41. The minimum Gasteiger partial charge on any atom is -0.496 e. The number of halogens is 1. The summed E-state index contributed by atoms with van der Waals surface area (Å²) < 4.78 is 26.2. The first kappa shape index (κ1) is 16.4. The number of benzene rings is 1. The van der Waals surface area contributed by atoms with Crippen LogP contribution in [-0.4, -0.2) is 35.4 Å². The molecule has 2 aromatic rings. The van der Waals surface area contributed by atoms with Gasteiger partial charge in [-0.1, -0.05) is 0 Å². The van der Waals surface area contributed by atoms with Crippen molar-refractivity contribution >= 4 is 5.91 Å². The van der Waals surface area contributed by atoms with E-state index in [1.165, 1.54) is 25.3 Å². The van der Waals surface area contributed by atoms with Gasteiger partial charge in [0.15, 0.2) is 0 Å². The van der Waals surface area contributed by atoms with E-state index in [0.717, 1.165) is 12.1 Å². The van der Waals surface area contributed by atoms with E-state index in [4.69, 9.17) is 9.47 Å². The number of hydrogen-bond donors (Lipinski definition) is 1. The number of nitrogens with one attached hydrogen (secondary N) is 1. The summed E-state index contributed by atoms with van der Waals surface area (Å²) in [7, 11) is 1.45. The van der Waals surface area contributed by atoms with Crippen LogP contribution >= 0.6 is 0 Å². The van der Waals surface area contributed by atoms with Gasteiger partial charge < -0.3 is 14.8 Å². The van der Waals surface area contributed by atoms with E-state index in [-0.39, 0.29) is 23.6 Å². The average Bonchev–Trinajstić information content (AvgIpc) is 3.23. The van der Waals surface area contributed by atoms with Crippen LogP contribution in [0.15, 0.2) is 30.6 Å². The number of methoxy groups -OCH3 is 1. The summed E-state index contributed by atoms with van der Waals surface area (Å²) in [6, 6.07) is 3.68. The third-order valence-corrected chi connectivity index (χ3v) is 4.12. The van der Waals surface area contributed by atoms with Gasteiger partial charge in [-0.25, -0.2) is 4.39 Å². The summed E-state index contributed by atoms with van der Waals surface area (Å²) in [6.07, 6.45) is 4.10. The molecule has 6 nitrogen and oxygen atoms in total. The second-order valence-corrected chi connectivity index (χ2v) is 5.63. The molecule has 0 unspecified atom stereocenters. The number of rotatable bonds is 5. The van der Waals surface area contributed by atoms with Crippen molar-refractivity contribution in [3.63, 3.8) is 0 Å². The number of amides is 1. The first-order valence-corrected chi connectivity index (χ1v) is 7.90. The van der Waals surface area contributed by atoms with Crippen molar-refractivity contribution in [1.29, 1.82) is 0 Å². The van der Waals surface area contributed by atoms with Gasteiger partial charge >= 0.3 is 0 Å². The maximum atomic E-state index is 13.5. The molecule has 0 bridgehead atoms. The van der Waals surface area contributed by atoms with Gasteiger partial charge in [0.05, 0.1) is 24.9 Å². The molecule has 24 heavy (non-hydrogen) atoms. The molecule has 1 aliphatic rings. The zero-order valence-corrected chi connectivity index (χ0v) is 13.7. The number of carbonyl (C=O) groups excluding carboxylic acids is 1. The van der Waals surface area contributed by atoms with Gasteiger partial charge in [-0.05, 0) is 31.5 Å². The van der Waals surface area contributed by atoms with Gasteiger partial charge in [0.1, 0.15) is 17.7 Å². The van der Waals surface area contributed by atoms with Crippen molar-refractivity contribution in [3.8, 4) is 5.75 Å². The Morgan fingerprint density at radius 3 is 3.08 bits per heavy atom. The average molecular weight is 333 g/mol. The highest BCUT2D eigenvalue weighted by Gasteiger charge is 2.32. The zero-order chi connectivity index (χ0) is 17.1. The van der Waals surface area contributed by atoms with Gasteiger partial charge in [0.25, 0.3) is 5.91 Å². The van der Waals surface area contributed by atoms with E-state index in [0.29, 0.717) is 18.8 Å². The number of ether oxygens (including phenoxy) is 2. The SMILES string of the molecule is CCn1cc([C@H]2OCC[C@@H]2NC(=O)c2cc(F)ccc2OC)cn1. The van der Waals surface area contributed by atoms with Crippen LogP contribution in [-0.2, 0) is 11.3 Å². The van der Waals surface area contributed by atoms with Crippen LogP contribution in [0.1, 0.15) is 35.4 Å². The Bertz CT molecular complexity index is 732. The third-order valence-electron chi connectivity index (χ3n) is 4.12. The summed E-state index contributed by atoms with van der Waals surface area (Å²) in [4.78, 5) is 12.5. The molecule has 7 heteroatoms. The zero-order valence-electron chi connectivity index (χ0n) is 13.7. The van der Waals surface area contributed by atoms with E-state index in [2.05, 4.69) is 10.4 Å². The minimum absolute atomic E-state index is 0.174. The Morgan fingerprint density at radius 1 is 1.54 bits per heavy atom. The Kier molecular flexibility index (Phi) is 4.80. The molecule has 128 valence electrons. The second-order valence-electron chi connectivity index (χ2n) is 5.63. The molecule has 0 spiro atoms. The monoisotopic (exact) mass is 333 g/mol. The second kappa shape index (κ2) is 7.00. The fourth-order valence-corrected chi connectivity index (χ4v) is 2.87. The highest BCUT2D eigenvalue weighted by Crippen LogP contribution is 2.29. The van der Waals surface area contributed by atoms with Crippen LogP contribution in [0.4, 0.5) is 4.39 Å². The maximum absolute atomic E-state index is 13.5. The lowest BCUT2D eigenvalue weighted by atomic mass is 10.0. The van der Waals surface area contributed by atoms with E-state index < -0.39 is 5.82 Å². The maximum Gasteiger partial charge on any atom is 0.255 e. The quantitative estimate of drug-likeness (QED) is 0.912. The lowest BCUT2D eigenvalue weighted by Gasteiger charge is -2.19. The highest BCUT2D eigenvalue weighted by molar-refractivity contribution is 5.97. The lowest BCUT2D eigenvalue weighted by molar-refractivity contribution is 0.0819. The smallest absolute Gasteiger partial charge is 0.255 e. The third kappa shape index (κ3) is 3.26. The van der Waals surface area contributed by atoms with E-state index >= 15 is 0 Å². The highest BCUT2D eigenvalue weighted by atomic mass is 19.1. The molecule has 1 N–H and O–H groups in total. The van der Waals surface area contributed by atoms with E-state index in [9.17, 15) is 9.18 Å². The summed E-state index contributed by atoms with van der Waals surface area (Å²) >= 11 is 0. The molecular weight excluding hydrogens is 313 g/mol. The van der Waals surface area contributed by atoms with Gasteiger partial charge in [0.2, 0.25) is 0 Å². The van der Waals surface area contributed by atoms with Crippen molar-refractivity contribution in [1.82, 2.24) is 15.1 Å². The lowest BCUT2D eigenvalue weighted by Crippen LogP contribution is -2.37. The fraction of sp³-hybridized carbons (Fsp3) is 0.412. The van der Waals surface area contributed by atoms with Crippen molar-refractivity contribution in [2.45, 2.75) is 32.0 Å². The summed E-state index contributed by atoms with van der Waals surface area (Å²) in [6.45, 7) is 3.32. The van der Waals surface area contributed by atoms with Crippen LogP contribution < -0.4 is 10.1 Å². The molecule has 1 amide bonds. The normalized spacial score (nSPS) is 20.1. The summed E-state index contributed by atoms with van der Waals surface area (Å²) in [5, 5.41) is 7.17. The summed E-state index contributed by atoms with van der Waals surface area (Å²) in [5.74, 6) is -0.526. The van der Waals surface area contributed by atoms with Crippen LogP contribution in [0.25, 0.3) is 0 Å². The van der Waals surface area contributed by atoms with Crippen LogP contribution in [0.2, 0.25) is 0 Å². The molecule has 1 aliphatic heterocycles. The minimum atomic E-state index is -0.482. The Labute approximate surface area is 139 Å². The molecular formula is C17H20FN3O3. The number of hydrogen-bond acceptors (Lipinski definition) is 4. The predicted octanol–water partition coefficient (Wildman–Crippen LogP) is 2.31. The molecule has 1 aromatic carbocycles. The Balaban J connectivity index is 1.77. The fourth-order valence-electron chi connectivity index (χ4n) is 2.87. The number of nitrogens with zero attached hydrogens (tertiary/aromatic N) is 2. The molecule has 0 radical (unpaired) electrons. The van der Waals surface area contributed by atoms with Crippen molar-refractivity contribution < 1.29 is 18.7 Å².